The number of piperazine rings is 1. The molecule has 2 aliphatic rings. The molecule has 2 aromatic rings. The summed E-state index contributed by atoms with van der Waals surface area (Å²) in [6.45, 7) is 3.08. The smallest absolute Gasteiger partial charge is 0.283 e. The van der Waals surface area contributed by atoms with Crippen LogP contribution in [0.3, 0.4) is 0 Å². The molecule has 0 bridgehead atoms. The zero-order chi connectivity index (χ0) is 18.1. The van der Waals surface area contributed by atoms with Gasteiger partial charge in [0.15, 0.2) is 11.3 Å². The number of aromatic nitrogens is 3. The van der Waals surface area contributed by atoms with E-state index in [-0.39, 0.29) is 17.2 Å². The van der Waals surface area contributed by atoms with Crippen LogP contribution in [0, 0.1) is 0 Å². The molecule has 2 aromatic heterocycles. The molecule has 0 N–H and O–H groups in total. The lowest BCUT2D eigenvalue weighted by Gasteiger charge is -2.40. The maximum Gasteiger partial charge on any atom is 0.283 e. The van der Waals surface area contributed by atoms with Crippen LogP contribution in [0.15, 0.2) is 23.1 Å². The number of aryl methyl sites for hydroxylation is 1. The number of carbonyl (C=O) groups excluding carboxylic acids is 1. The van der Waals surface area contributed by atoms with Gasteiger partial charge in [-0.25, -0.2) is 9.97 Å². The molecule has 138 valence electrons. The molecule has 0 unspecified atom stereocenters. The summed E-state index contributed by atoms with van der Waals surface area (Å²) < 4.78 is 1.41. The molecule has 3 heterocycles. The normalized spacial score (nSPS) is 19.8. The minimum absolute atomic E-state index is 0.000818. The number of fused-ring (bicyclic) bond motifs is 1. The summed E-state index contributed by atoms with van der Waals surface area (Å²) in [7, 11) is 1.64. The van der Waals surface area contributed by atoms with E-state index in [2.05, 4.69) is 14.9 Å². The molecular weight excluding hydrogens is 330 g/mol. The standard InChI is InChI=1S/C19H25N5O2/c1-22-17-15(8-5-9-20-17)21-16(18(22)25)19(26)24-12-10-23(11-13-24)14-6-3-2-4-7-14/h5,8-9,14H,2-4,6-7,10-13H2,1H3. The number of amides is 1. The third-order valence-electron chi connectivity index (χ3n) is 5.72. The molecule has 1 saturated carbocycles. The van der Waals surface area contributed by atoms with Crippen LogP contribution in [0.25, 0.3) is 11.2 Å². The van der Waals surface area contributed by atoms with Crippen LogP contribution in [0.1, 0.15) is 42.6 Å². The van der Waals surface area contributed by atoms with E-state index in [1.807, 2.05) is 0 Å². The summed E-state index contributed by atoms with van der Waals surface area (Å²) in [5.41, 5.74) is 0.685. The van der Waals surface area contributed by atoms with E-state index >= 15 is 0 Å². The van der Waals surface area contributed by atoms with Crippen molar-refractivity contribution in [3.05, 3.63) is 34.4 Å². The lowest BCUT2D eigenvalue weighted by Crippen LogP contribution is -2.53. The maximum atomic E-state index is 12.9. The van der Waals surface area contributed by atoms with Crippen molar-refractivity contribution in [1.29, 1.82) is 0 Å². The van der Waals surface area contributed by atoms with E-state index < -0.39 is 0 Å². The van der Waals surface area contributed by atoms with E-state index in [1.165, 1.54) is 36.7 Å². The summed E-state index contributed by atoms with van der Waals surface area (Å²) >= 11 is 0. The minimum Gasteiger partial charge on any atom is -0.335 e. The molecular formula is C19H25N5O2. The Kier molecular flexibility index (Phi) is 4.72. The van der Waals surface area contributed by atoms with Crippen molar-refractivity contribution in [3.63, 3.8) is 0 Å². The van der Waals surface area contributed by atoms with E-state index in [9.17, 15) is 9.59 Å². The zero-order valence-corrected chi connectivity index (χ0v) is 15.2. The highest BCUT2D eigenvalue weighted by atomic mass is 16.2. The van der Waals surface area contributed by atoms with Gasteiger partial charge in [0.1, 0.15) is 5.52 Å². The molecule has 1 amide bonds. The largest absolute Gasteiger partial charge is 0.335 e. The van der Waals surface area contributed by atoms with Crippen molar-refractivity contribution in [3.8, 4) is 0 Å². The Balaban J connectivity index is 1.51. The maximum absolute atomic E-state index is 12.9. The van der Waals surface area contributed by atoms with Gasteiger partial charge in [0.2, 0.25) is 0 Å². The summed E-state index contributed by atoms with van der Waals surface area (Å²) in [6.07, 6.45) is 8.14. The van der Waals surface area contributed by atoms with Crippen molar-refractivity contribution >= 4 is 17.1 Å². The van der Waals surface area contributed by atoms with Gasteiger partial charge < -0.3 is 4.90 Å². The molecule has 4 rings (SSSR count). The van der Waals surface area contributed by atoms with Crippen molar-refractivity contribution in [2.45, 2.75) is 38.1 Å². The highest BCUT2D eigenvalue weighted by Crippen LogP contribution is 2.23. The van der Waals surface area contributed by atoms with Crippen LogP contribution in [-0.4, -0.2) is 62.5 Å². The monoisotopic (exact) mass is 355 g/mol. The van der Waals surface area contributed by atoms with Crippen LogP contribution in [-0.2, 0) is 7.05 Å². The fraction of sp³-hybridized carbons (Fsp3) is 0.579. The molecule has 1 saturated heterocycles. The van der Waals surface area contributed by atoms with Gasteiger partial charge >= 0.3 is 0 Å². The van der Waals surface area contributed by atoms with Gasteiger partial charge in [0.25, 0.3) is 11.5 Å². The molecule has 0 radical (unpaired) electrons. The highest BCUT2D eigenvalue weighted by Gasteiger charge is 2.29. The molecule has 2 fully saturated rings. The van der Waals surface area contributed by atoms with Crippen LogP contribution >= 0.6 is 0 Å². The summed E-state index contributed by atoms with van der Waals surface area (Å²) in [6, 6.07) is 4.20. The van der Waals surface area contributed by atoms with Gasteiger partial charge in [-0.2, -0.15) is 0 Å². The topological polar surface area (TPSA) is 71.3 Å². The van der Waals surface area contributed by atoms with Crippen LogP contribution in [0.4, 0.5) is 0 Å². The molecule has 0 aromatic carbocycles. The number of rotatable bonds is 2. The Hall–Kier alpha value is -2.28. The Bertz CT molecular complexity index is 864. The Morgan fingerprint density at radius 2 is 1.85 bits per heavy atom. The van der Waals surface area contributed by atoms with Crippen LogP contribution in [0.5, 0.6) is 0 Å². The molecule has 0 spiro atoms. The average Bonchev–Trinajstić information content (AvgIpc) is 2.71. The van der Waals surface area contributed by atoms with E-state index in [1.54, 1.807) is 30.3 Å². The predicted molar refractivity (Wildman–Crippen MR) is 99.1 cm³/mol. The van der Waals surface area contributed by atoms with Gasteiger partial charge in [-0.1, -0.05) is 19.3 Å². The van der Waals surface area contributed by atoms with Crippen molar-refractivity contribution in [2.24, 2.45) is 7.05 Å². The van der Waals surface area contributed by atoms with E-state index in [0.717, 1.165) is 13.1 Å². The Morgan fingerprint density at radius 1 is 1.12 bits per heavy atom. The first kappa shape index (κ1) is 17.1. The van der Waals surface area contributed by atoms with Gasteiger partial charge in [-0.3, -0.25) is 19.1 Å². The number of hydrogen-bond donors (Lipinski definition) is 0. The second-order valence-electron chi connectivity index (χ2n) is 7.29. The van der Waals surface area contributed by atoms with Crippen molar-refractivity contribution in [1.82, 2.24) is 24.3 Å². The Morgan fingerprint density at radius 3 is 2.58 bits per heavy atom. The second-order valence-corrected chi connectivity index (χ2v) is 7.29. The SMILES string of the molecule is Cn1c(=O)c(C(=O)N2CCN(C3CCCCC3)CC2)nc2cccnc21. The zero-order valence-electron chi connectivity index (χ0n) is 15.2. The van der Waals surface area contributed by atoms with Gasteiger partial charge in [-0.05, 0) is 25.0 Å². The molecule has 7 nitrogen and oxygen atoms in total. The summed E-state index contributed by atoms with van der Waals surface area (Å²) in [5, 5.41) is 0. The number of carbonyl (C=O) groups is 1. The first-order chi connectivity index (χ1) is 12.6. The number of pyridine rings is 1. The highest BCUT2D eigenvalue weighted by molar-refractivity contribution is 5.93. The molecule has 1 aliphatic carbocycles. The van der Waals surface area contributed by atoms with E-state index in [0.29, 0.717) is 30.3 Å². The van der Waals surface area contributed by atoms with Gasteiger partial charge in [0.05, 0.1) is 0 Å². The third kappa shape index (κ3) is 3.11. The lowest BCUT2D eigenvalue weighted by atomic mass is 9.94. The van der Waals surface area contributed by atoms with Gasteiger partial charge in [-0.15, -0.1) is 0 Å². The fourth-order valence-electron chi connectivity index (χ4n) is 4.18. The quantitative estimate of drug-likeness (QED) is 0.815. The molecule has 7 heteroatoms. The third-order valence-corrected chi connectivity index (χ3v) is 5.72. The fourth-order valence-corrected chi connectivity index (χ4v) is 4.18. The second kappa shape index (κ2) is 7.15. The average molecular weight is 355 g/mol. The Labute approximate surface area is 152 Å². The first-order valence-corrected chi connectivity index (χ1v) is 9.50. The molecule has 0 atom stereocenters. The minimum atomic E-state index is -0.379. The predicted octanol–water partition coefficient (Wildman–Crippen LogP) is 1.42. The van der Waals surface area contributed by atoms with Gasteiger partial charge in [0, 0.05) is 45.5 Å². The number of hydrogen-bond acceptors (Lipinski definition) is 5. The summed E-state index contributed by atoms with van der Waals surface area (Å²) in [4.78, 5) is 38.3. The summed E-state index contributed by atoms with van der Waals surface area (Å²) in [5.74, 6) is -0.264. The molecule has 1 aliphatic heterocycles. The van der Waals surface area contributed by atoms with Crippen molar-refractivity contribution in [2.75, 3.05) is 26.2 Å². The van der Waals surface area contributed by atoms with Crippen LogP contribution < -0.4 is 5.56 Å². The lowest BCUT2D eigenvalue weighted by molar-refractivity contribution is 0.0516. The molecule has 26 heavy (non-hydrogen) atoms. The van der Waals surface area contributed by atoms with E-state index in [4.69, 9.17) is 0 Å². The van der Waals surface area contributed by atoms with Crippen LogP contribution in [0.2, 0.25) is 0 Å². The number of nitrogens with zero attached hydrogens (tertiary/aromatic N) is 5. The first-order valence-electron chi connectivity index (χ1n) is 9.50. The van der Waals surface area contributed by atoms with Crippen molar-refractivity contribution < 1.29 is 4.79 Å².